The minimum atomic E-state index is -4.54. The number of rotatable bonds is 6. The molecule has 0 aromatic heterocycles. The molecule has 0 atom stereocenters. The van der Waals surface area contributed by atoms with Crippen molar-refractivity contribution in [1.29, 1.82) is 0 Å². The van der Waals surface area contributed by atoms with Crippen molar-refractivity contribution in [3.63, 3.8) is 0 Å². The van der Waals surface area contributed by atoms with Crippen LogP contribution < -0.4 is 5.32 Å². The van der Waals surface area contributed by atoms with Gasteiger partial charge in [-0.05, 0) is 30.7 Å². The van der Waals surface area contributed by atoms with Gasteiger partial charge in [-0.15, -0.1) is 0 Å². The molecule has 0 spiro atoms. The second-order valence-electron chi connectivity index (χ2n) is 5.44. The van der Waals surface area contributed by atoms with Crippen molar-refractivity contribution in [3.05, 3.63) is 64.7 Å². The monoisotopic (exact) mass is 370 g/mol. The molecule has 0 saturated carbocycles. The lowest BCUT2D eigenvalue weighted by atomic mass is 10.2. The Balaban J connectivity index is 2.01. The van der Waals surface area contributed by atoms with E-state index < -0.39 is 11.7 Å². The van der Waals surface area contributed by atoms with Gasteiger partial charge in [0.1, 0.15) is 0 Å². The molecule has 134 valence electrons. The van der Waals surface area contributed by atoms with Crippen LogP contribution in [0.3, 0.4) is 0 Å². The molecule has 0 aliphatic heterocycles. The Kier molecular flexibility index (Phi) is 6.31. The fourth-order valence-electron chi connectivity index (χ4n) is 2.32. The number of nitrogens with one attached hydrogen (secondary N) is 1. The maximum absolute atomic E-state index is 12.9. The van der Waals surface area contributed by atoms with Crippen LogP contribution in [0, 0.1) is 0 Å². The average Bonchev–Trinajstić information content (AvgIpc) is 2.58. The number of benzene rings is 2. The molecule has 0 bridgehead atoms. The minimum absolute atomic E-state index is 0.0976. The predicted molar refractivity (Wildman–Crippen MR) is 92.5 cm³/mol. The highest BCUT2D eigenvalue weighted by molar-refractivity contribution is 6.31. The van der Waals surface area contributed by atoms with Gasteiger partial charge in [-0.1, -0.05) is 41.9 Å². The maximum Gasteiger partial charge on any atom is 0.417 e. The second-order valence-corrected chi connectivity index (χ2v) is 5.85. The number of hydrogen-bond acceptors (Lipinski definition) is 2. The van der Waals surface area contributed by atoms with Gasteiger partial charge in [0.2, 0.25) is 5.91 Å². The van der Waals surface area contributed by atoms with Gasteiger partial charge in [0.15, 0.2) is 0 Å². The van der Waals surface area contributed by atoms with Crippen LogP contribution >= 0.6 is 11.6 Å². The lowest BCUT2D eigenvalue weighted by molar-refractivity contribution is -0.137. The molecule has 1 amide bonds. The molecule has 2 rings (SSSR count). The molecular weight excluding hydrogens is 353 g/mol. The first-order valence-electron chi connectivity index (χ1n) is 7.73. The zero-order valence-electron chi connectivity index (χ0n) is 13.6. The number of nitrogens with zero attached hydrogens (tertiary/aromatic N) is 1. The van der Waals surface area contributed by atoms with E-state index in [0.717, 1.165) is 11.6 Å². The molecule has 0 radical (unpaired) electrons. The summed E-state index contributed by atoms with van der Waals surface area (Å²) in [6.07, 6.45) is -4.54. The molecule has 25 heavy (non-hydrogen) atoms. The van der Waals surface area contributed by atoms with E-state index in [1.165, 1.54) is 12.1 Å². The van der Waals surface area contributed by atoms with E-state index in [-0.39, 0.29) is 23.2 Å². The van der Waals surface area contributed by atoms with Gasteiger partial charge >= 0.3 is 6.18 Å². The number of amides is 1. The molecule has 3 nitrogen and oxygen atoms in total. The van der Waals surface area contributed by atoms with Gasteiger partial charge in [0.05, 0.1) is 17.1 Å². The van der Waals surface area contributed by atoms with Crippen molar-refractivity contribution in [2.45, 2.75) is 19.6 Å². The number of likely N-dealkylation sites (N-methyl/N-ethyl adjacent to an activating group) is 1. The Morgan fingerprint density at radius 3 is 2.44 bits per heavy atom. The summed E-state index contributed by atoms with van der Waals surface area (Å²) >= 11 is 5.58. The van der Waals surface area contributed by atoms with Crippen molar-refractivity contribution >= 4 is 23.2 Å². The van der Waals surface area contributed by atoms with Gasteiger partial charge in [-0.2, -0.15) is 13.2 Å². The third kappa shape index (κ3) is 5.39. The van der Waals surface area contributed by atoms with E-state index in [9.17, 15) is 18.0 Å². The fourth-order valence-corrected chi connectivity index (χ4v) is 2.55. The highest BCUT2D eigenvalue weighted by Gasteiger charge is 2.33. The Hall–Kier alpha value is -2.21. The topological polar surface area (TPSA) is 32.3 Å². The Labute approximate surface area is 149 Å². The fraction of sp³-hybridized carbons (Fsp3) is 0.278. The molecule has 0 aliphatic carbocycles. The van der Waals surface area contributed by atoms with Crippen LogP contribution in [0.2, 0.25) is 5.02 Å². The van der Waals surface area contributed by atoms with E-state index in [1.54, 1.807) is 4.90 Å². The quantitative estimate of drug-likeness (QED) is 0.790. The Bertz CT molecular complexity index is 720. The van der Waals surface area contributed by atoms with Crippen molar-refractivity contribution in [2.24, 2.45) is 0 Å². The van der Waals surface area contributed by atoms with Crippen molar-refractivity contribution in [3.8, 4) is 0 Å². The van der Waals surface area contributed by atoms with E-state index in [2.05, 4.69) is 5.32 Å². The first-order valence-corrected chi connectivity index (χ1v) is 8.11. The third-order valence-corrected chi connectivity index (χ3v) is 4.00. The molecule has 0 unspecified atom stereocenters. The van der Waals surface area contributed by atoms with Crippen molar-refractivity contribution in [2.75, 3.05) is 18.4 Å². The highest BCUT2D eigenvalue weighted by atomic mass is 35.5. The number of hydrogen-bond donors (Lipinski definition) is 1. The van der Waals surface area contributed by atoms with E-state index >= 15 is 0 Å². The molecule has 0 saturated heterocycles. The number of halogens is 4. The number of carbonyl (C=O) groups is 1. The third-order valence-electron chi connectivity index (χ3n) is 3.67. The molecular formula is C18H18ClF3N2O. The second kappa shape index (κ2) is 8.25. The number of carbonyl (C=O) groups excluding carboxylic acids is 1. The summed E-state index contributed by atoms with van der Waals surface area (Å²) in [5, 5.41) is 2.36. The van der Waals surface area contributed by atoms with Crippen LogP contribution in [-0.2, 0) is 17.5 Å². The standard InChI is InChI=1S/C18H18ClF3N2O/c1-2-24(12-13-6-4-3-5-7-13)17(25)11-23-14-8-9-16(19)15(10-14)18(20,21)22/h3-10,23H,2,11-12H2,1H3. The molecule has 0 fully saturated rings. The van der Waals surface area contributed by atoms with E-state index in [1.807, 2.05) is 37.3 Å². The first kappa shape index (κ1) is 19.1. The number of anilines is 1. The predicted octanol–water partition coefficient (Wildman–Crippen LogP) is 4.82. The molecule has 2 aromatic carbocycles. The lowest BCUT2D eigenvalue weighted by Gasteiger charge is -2.21. The molecule has 0 aliphatic rings. The van der Waals surface area contributed by atoms with Gasteiger partial charge in [-0.3, -0.25) is 4.79 Å². The molecule has 2 aromatic rings. The maximum atomic E-state index is 12.9. The summed E-state index contributed by atoms with van der Waals surface area (Å²) in [7, 11) is 0. The van der Waals surface area contributed by atoms with Crippen LogP contribution in [-0.4, -0.2) is 23.9 Å². The van der Waals surface area contributed by atoms with Crippen molar-refractivity contribution < 1.29 is 18.0 Å². The van der Waals surface area contributed by atoms with Gasteiger partial charge in [-0.25, -0.2) is 0 Å². The molecule has 7 heteroatoms. The van der Waals surface area contributed by atoms with Crippen LogP contribution in [0.5, 0.6) is 0 Å². The molecule has 0 heterocycles. The summed E-state index contributed by atoms with van der Waals surface area (Å²) in [6.45, 7) is 2.71. The van der Waals surface area contributed by atoms with Crippen LogP contribution in [0.1, 0.15) is 18.1 Å². The van der Waals surface area contributed by atoms with E-state index in [4.69, 9.17) is 11.6 Å². The summed E-state index contributed by atoms with van der Waals surface area (Å²) in [6, 6.07) is 13.0. The van der Waals surface area contributed by atoms with Crippen molar-refractivity contribution in [1.82, 2.24) is 4.90 Å². The Morgan fingerprint density at radius 2 is 1.84 bits per heavy atom. The smallest absolute Gasteiger partial charge is 0.376 e. The zero-order valence-corrected chi connectivity index (χ0v) is 14.4. The van der Waals surface area contributed by atoms with Crippen LogP contribution in [0.4, 0.5) is 18.9 Å². The Morgan fingerprint density at radius 1 is 1.16 bits per heavy atom. The van der Waals surface area contributed by atoms with Gasteiger partial charge in [0.25, 0.3) is 0 Å². The SMILES string of the molecule is CCN(Cc1ccccc1)C(=O)CNc1ccc(Cl)c(C(F)(F)F)c1. The van der Waals surface area contributed by atoms with Crippen LogP contribution in [0.25, 0.3) is 0 Å². The zero-order chi connectivity index (χ0) is 18.4. The highest BCUT2D eigenvalue weighted by Crippen LogP contribution is 2.36. The first-order chi connectivity index (χ1) is 11.8. The number of alkyl halides is 3. The summed E-state index contributed by atoms with van der Waals surface area (Å²) < 4.78 is 38.6. The summed E-state index contributed by atoms with van der Waals surface area (Å²) in [4.78, 5) is 13.9. The lowest BCUT2D eigenvalue weighted by Crippen LogP contribution is -2.35. The van der Waals surface area contributed by atoms with Crippen LogP contribution in [0.15, 0.2) is 48.5 Å². The molecule has 1 N–H and O–H groups in total. The summed E-state index contributed by atoms with van der Waals surface area (Å²) in [5.74, 6) is -0.199. The van der Waals surface area contributed by atoms with Gasteiger partial charge < -0.3 is 10.2 Å². The van der Waals surface area contributed by atoms with E-state index in [0.29, 0.717) is 13.1 Å². The van der Waals surface area contributed by atoms with Gasteiger partial charge in [0, 0.05) is 18.8 Å². The largest absolute Gasteiger partial charge is 0.417 e. The minimum Gasteiger partial charge on any atom is -0.376 e. The average molecular weight is 371 g/mol. The summed E-state index contributed by atoms with van der Waals surface area (Å²) in [5.41, 5.74) is 0.257. The normalized spacial score (nSPS) is 11.2.